The molecule has 4 aromatic rings. The normalized spacial score (nSPS) is 12.7. The third kappa shape index (κ3) is 3.07. The van der Waals surface area contributed by atoms with Crippen LogP contribution in [-0.2, 0) is 12.5 Å². The fourth-order valence-electron chi connectivity index (χ4n) is 3.93. The van der Waals surface area contributed by atoms with Crippen LogP contribution in [0.1, 0.15) is 25.0 Å². The number of benzene rings is 3. The summed E-state index contributed by atoms with van der Waals surface area (Å²) >= 11 is 0. The molecule has 0 bridgehead atoms. The Morgan fingerprint density at radius 3 is 2.21 bits per heavy atom. The maximum absolute atomic E-state index is 13.5. The molecule has 0 amide bonds. The Kier molecular flexibility index (Phi) is 4.41. The maximum atomic E-state index is 13.5. The average molecular weight is 394 g/mol. The number of pyridine rings is 1. The van der Waals surface area contributed by atoms with Crippen molar-refractivity contribution in [2.24, 2.45) is 7.05 Å². The second kappa shape index (κ2) is 6.58. The average Bonchev–Trinajstić information content (AvgIpc) is 2.68. The van der Waals surface area contributed by atoms with Crippen molar-refractivity contribution in [1.29, 1.82) is 0 Å². The van der Waals surface area contributed by atoms with Gasteiger partial charge in [-0.2, -0.15) is 17.7 Å². The molecule has 0 saturated heterocycles. The molecule has 1 aromatic heterocycles. The number of hydrogen-bond acceptors (Lipinski definition) is 0. The van der Waals surface area contributed by atoms with Crippen LogP contribution in [0.25, 0.3) is 32.9 Å². The molecule has 4 rings (SSSR count). The van der Waals surface area contributed by atoms with Gasteiger partial charge in [-0.1, -0.05) is 42.5 Å². The molecule has 0 saturated carbocycles. The second-order valence-corrected chi connectivity index (χ2v) is 8.15. The fraction of sp³-hybridized carbons (Fsp3) is 0.240. The van der Waals surface area contributed by atoms with Crippen LogP contribution in [-0.4, -0.2) is 6.18 Å². The van der Waals surface area contributed by atoms with Crippen molar-refractivity contribution in [2.75, 3.05) is 0 Å². The lowest BCUT2D eigenvalue weighted by molar-refractivity contribution is -0.633. The molecule has 1 nitrogen and oxygen atoms in total. The van der Waals surface area contributed by atoms with E-state index in [1.165, 1.54) is 13.8 Å². The Morgan fingerprint density at radius 2 is 1.48 bits per heavy atom. The molecular weight excluding hydrogens is 371 g/mol. The number of fused-ring (bicyclic) bond motifs is 2. The molecule has 0 spiro atoms. The van der Waals surface area contributed by atoms with E-state index in [9.17, 15) is 13.2 Å². The van der Waals surface area contributed by atoms with Crippen LogP contribution < -0.4 is 4.57 Å². The van der Waals surface area contributed by atoms with E-state index in [-0.39, 0.29) is 5.56 Å². The number of rotatable bonds is 2. The number of halogens is 3. The van der Waals surface area contributed by atoms with Crippen LogP contribution >= 0.6 is 0 Å². The van der Waals surface area contributed by atoms with Crippen LogP contribution in [0.15, 0.2) is 66.7 Å². The van der Waals surface area contributed by atoms with Gasteiger partial charge in [0, 0.05) is 17.5 Å². The zero-order valence-corrected chi connectivity index (χ0v) is 16.9. The predicted molar refractivity (Wildman–Crippen MR) is 112 cm³/mol. The standard InChI is InChI=1S/C25H23F3N/c1-16-9-10-17-7-5-6-8-20(17)23(16)22-13-11-18-15-19(12-14-21(18)29(22)4)24(2,3)25(26,27)28/h5-15H,1-4H3/q+1. The van der Waals surface area contributed by atoms with Gasteiger partial charge in [0.1, 0.15) is 7.05 Å². The number of hydrogen-bond donors (Lipinski definition) is 0. The SMILES string of the molecule is Cc1ccc2ccccc2c1-c1ccc2cc(C(C)(C)C(F)(F)F)ccc2[n+]1C. The minimum atomic E-state index is -4.30. The molecule has 0 unspecified atom stereocenters. The molecule has 29 heavy (non-hydrogen) atoms. The van der Waals surface area contributed by atoms with Crippen molar-refractivity contribution >= 4 is 21.7 Å². The largest absolute Gasteiger partial charge is 0.397 e. The van der Waals surface area contributed by atoms with E-state index in [0.29, 0.717) is 0 Å². The molecule has 0 atom stereocenters. The summed E-state index contributed by atoms with van der Waals surface area (Å²) in [5.74, 6) is 0. The predicted octanol–water partition coefficient (Wildman–Crippen LogP) is 6.63. The van der Waals surface area contributed by atoms with Gasteiger partial charge in [0.05, 0.1) is 11.0 Å². The Morgan fingerprint density at radius 1 is 0.793 bits per heavy atom. The summed E-state index contributed by atoms with van der Waals surface area (Å²) in [4.78, 5) is 0. The quantitative estimate of drug-likeness (QED) is 0.336. The first-order chi connectivity index (χ1) is 13.6. The summed E-state index contributed by atoms with van der Waals surface area (Å²) in [5, 5.41) is 3.12. The zero-order chi connectivity index (χ0) is 21.0. The van der Waals surface area contributed by atoms with Crippen LogP contribution in [0.3, 0.4) is 0 Å². The van der Waals surface area contributed by atoms with E-state index in [4.69, 9.17) is 0 Å². The number of aryl methyl sites for hydroxylation is 2. The topological polar surface area (TPSA) is 3.88 Å². The number of alkyl halides is 3. The highest BCUT2D eigenvalue weighted by Gasteiger charge is 2.48. The van der Waals surface area contributed by atoms with Crippen LogP contribution in [0, 0.1) is 6.92 Å². The second-order valence-electron chi connectivity index (χ2n) is 8.15. The first kappa shape index (κ1) is 19.4. The Labute approximate surface area is 168 Å². The highest BCUT2D eigenvalue weighted by atomic mass is 19.4. The van der Waals surface area contributed by atoms with Crippen molar-refractivity contribution < 1.29 is 17.7 Å². The van der Waals surface area contributed by atoms with Gasteiger partial charge < -0.3 is 0 Å². The molecule has 1 heterocycles. The molecule has 3 aromatic carbocycles. The van der Waals surface area contributed by atoms with Crippen molar-refractivity contribution in [1.82, 2.24) is 0 Å². The summed E-state index contributed by atoms with van der Waals surface area (Å²) in [6.45, 7) is 4.53. The van der Waals surface area contributed by atoms with Crippen molar-refractivity contribution in [2.45, 2.75) is 32.4 Å². The van der Waals surface area contributed by atoms with Crippen molar-refractivity contribution in [3.8, 4) is 11.3 Å². The molecule has 4 heteroatoms. The van der Waals surface area contributed by atoms with E-state index in [1.807, 2.05) is 31.3 Å². The molecule has 0 aliphatic heterocycles. The van der Waals surface area contributed by atoms with Crippen LogP contribution in [0.4, 0.5) is 13.2 Å². The third-order valence-electron chi connectivity index (χ3n) is 5.99. The van der Waals surface area contributed by atoms with Gasteiger partial charge in [-0.3, -0.25) is 0 Å². The highest BCUT2D eigenvalue weighted by Crippen LogP contribution is 2.41. The molecule has 148 valence electrons. The van der Waals surface area contributed by atoms with E-state index in [2.05, 4.69) is 35.8 Å². The van der Waals surface area contributed by atoms with Crippen molar-refractivity contribution in [3.63, 3.8) is 0 Å². The number of aromatic nitrogens is 1. The summed E-state index contributed by atoms with van der Waals surface area (Å²) in [7, 11) is 1.97. The summed E-state index contributed by atoms with van der Waals surface area (Å²) in [6.07, 6.45) is -4.30. The Bertz CT molecular complexity index is 1240. The first-order valence-electron chi connectivity index (χ1n) is 9.60. The third-order valence-corrected chi connectivity index (χ3v) is 5.99. The van der Waals surface area contributed by atoms with Gasteiger partial charge in [-0.15, -0.1) is 0 Å². The Hall–Kier alpha value is -2.88. The van der Waals surface area contributed by atoms with Gasteiger partial charge in [-0.05, 0) is 54.8 Å². The van der Waals surface area contributed by atoms with Crippen molar-refractivity contribution in [3.05, 3.63) is 77.9 Å². The summed E-state index contributed by atoms with van der Waals surface area (Å²) in [6, 6.07) is 21.4. The van der Waals surface area contributed by atoms with E-state index in [0.717, 1.165) is 38.5 Å². The first-order valence-corrected chi connectivity index (χ1v) is 9.60. The van der Waals surface area contributed by atoms with E-state index < -0.39 is 11.6 Å². The van der Waals surface area contributed by atoms with Crippen LogP contribution in [0.2, 0.25) is 0 Å². The molecule has 0 fully saturated rings. The lowest BCUT2D eigenvalue weighted by Gasteiger charge is -2.28. The van der Waals surface area contributed by atoms with Gasteiger partial charge in [0.15, 0.2) is 0 Å². The highest BCUT2D eigenvalue weighted by molar-refractivity contribution is 5.97. The monoisotopic (exact) mass is 394 g/mol. The molecule has 0 aliphatic rings. The minimum absolute atomic E-state index is 0.270. The smallest absolute Gasteiger partial charge is 0.194 e. The minimum Gasteiger partial charge on any atom is -0.194 e. The van der Waals surface area contributed by atoms with E-state index >= 15 is 0 Å². The van der Waals surface area contributed by atoms with Gasteiger partial charge >= 0.3 is 6.18 Å². The number of nitrogens with zero attached hydrogens (tertiary/aromatic N) is 1. The lowest BCUT2D eigenvalue weighted by Crippen LogP contribution is -2.37. The zero-order valence-electron chi connectivity index (χ0n) is 16.9. The molecule has 0 radical (unpaired) electrons. The molecule has 0 aliphatic carbocycles. The lowest BCUT2D eigenvalue weighted by atomic mass is 9.83. The fourth-order valence-corrected chi connectivity index (χ4v) is 3.93. The van der Waals surface area contributed by atoms with Crippen LogP contribution in [0.5, 0.6) is 0 Å². The molecular formula is C25H23F3N+. The maximum Gasteiger partial charge on any atom is 0.397 e. The summed E-state index contributed by atoms with van der Waals surface area (Å²) < 4.78 is 42.5. The molecule has 0 N–H and O–H groups in total. The van der Waals surface area contributed by atoms with Gasteiger partial charge in [0.25, 0.3) is 0 Å². The van der Waals surface area contributed by atoms with Gasteiger partial charge in [0.2, 0.25) is 11.2 Å². The van der Waals surface area contributed by atoms with Gasteiger partial charge in [-0.25, -0.2) is 0 Å². The Balaban J connectivity index is 1.94. The van der Waals surface area contributed by atoms with E-state index in [1.54, 1.807) is 18.2 Å². The summed E-state index contributed by atoms with van der Waals surface area (Å²) in [5.41, 5.74) is 2.61.